The van der Waals surface area contributed by atoms with Gasteiger partial charge in [-0.05, 0) is 37.4 Å². The minimum atomic E-state index is -0.0878. The number of carbonyl (C=O) groups is 1. The van der Waals surface area contributed by atoms with Crippen molar-refractivity contribution >= 4 is 17.7 Å². The van der Waals surface area contributed by atoms with Crippen LogP contribution in [0.3, 0.4) is 0 Å². The number of rotatable bonds is 5. The molecule has 1 rings (SSSR count). The lowest BCUT2D eigenvalue weighted by Crippen LogP contribution is -2.53. The summed E-state index contributed by atoms with van der Waals surface area (Å²) in [6, 6.07) is 0.159. The van der Waals surface area contributed by atoms with Gasteiger partial charge in [-0.1, -0.05) is 20.8 Å². The Labute approximate surface area is 127 Å². The number of aliphatic hydroxyl groups is 1. The summed E-state index contributed by atoms with van der Waals surface area (Å²) in [5.74, 6) is 0.436. The number of amides is 1. The van der Waals surface area contributed by atoms with E-state index in [-0.39, 0.29) is 41.2 Å². The molecule has 1 aliphatic rings. The van der Waals surface area contributed by atoms with Gasteiger partial charge in [0.2, 0.25) is 5.91 Å². The Morgan fingerprint density at radius 3 is 2.60 bits per heavy atom. The van der Waals surface area contributed by atoms with Gasteiger partial charge in [0.25, 0.3) is 0 Å². The topological polar surface area (TPSA) is 75.3 Å². The van der Waals surface area contributed by atoms with Gasteiger partial charge in [0.1, 0.15) is 0 Å². The van der Waals surface area contributed by atoms with Crippen LogP contribution in [0.5, 0.6) is 0 Å². The molecule has 0 heterocycles. The zero-order valence-corrected chi connectivity index (χ0v) is 14.2. The summed E-state index contributed by atoms with van der Waals surface area (Å²) in [4.78, 5) is 12.6. The number of nitrogens with one attached hydrogen (secondary N) is 1. The number of carbonyl (C=O) groups excluding carboxylic acids is 1. The Bertz CT molecular complexity index is 332. The summed E-state index contributed by atoms with van der Waals surface area (Å²) >= 11 is 1.58. The SMILES string of the molecule is CSC(CO)C(C)NC(=O)C1CCC(N)C(C)C1(C)C. The second-order valence-corrected chi connectivity index (χ2v) is 7.73. The number of hydrogen-bond acceptors (Lipinski definition) is 4. The highest BCUT2D eigenvalue weighted by molar-refractivity contribution is 7.99. The summed E-state index contributed by atoms with van der Waals surface area (Å²) in [7, 11) is 0. The molecule has 4 N–H and O–H groups in total. The number of hydrogen-bond donors (Lipinski definition) is 3. The number of nitrogens with two attached hydrogens (primary N) is 1. The van der Waals surface area contributed by atoms with Crippen LogP contribution in [-0.4, -0.2) is 41.2 Å². The van der Waals surface area contributed by atoms with Crippen molar-refractivity contribution in [2.24, 2.45) is 23.0 Å². The van der Waals surface area contributed by atoms with E-state index in [0.29, 0.717) is 5.92 Å². The van der Waals surface area contributed by atoms with E-state index in [1.54, 1.807) is 11.8 Å². The molecule has 0 aliphatic heterocycles. The summed E-state index contributed by atoms with van der Waals surface area (Å²) in [6.45, 7) is 8.47. The first-order chi connectivity index (χ1) is 9.25. The van der Waals surface area contributed by atoms with E-state index in [2.05, 4.69) is 26.1 Å². The summed E-state index contributed by atoms with van der Waals surface area (Å²) in [5.41, 5.74) is 6.05. The van der Waals surface area contributed by atoms with Crippen molar-refractivity contribution in [3.8, 4) is 0 Å². The molecule has 0 spiro atoms. The molecule has 5 atom stereocenters. The van der Waals surface area contributed by atoms with Crippen LogP contribution in [0.1, 0.15) is 40.5 Å². The fourth-order valence-corrected chi connectivity index (χ4v) is 3.80. The second-order valence-electron chi connectivity index (χ2n) is 6.66. The summed E-state index contributed by atoms with van der Waals surface area (Å²) < 4.78 is 0. The van der Waals surface area contributed by atoms with E-state index in [4.69, 9.17) is 5.73 Å². The minimum absolute atomic E-state index is 0.000879. The molecule has 5 unspecified atom stereocenters. The Morgan fingerprint density at radius 1 is 1.50 bits per heavy atom. The van der Waals surface area contributed by atoms with Crippen LogP contribution in [-0.2, 0) is 4.79 Å². The molecule has 118 valence electrons. The van der Waals surface area contributed by atoms with E-state index < -0.39 is 0 Å². The van der Waals surface area contributed by atoms with Crippen LogP contribution < -0.4 is 11.1 Å². The van der Waals surface area contributed by atoms with Crippen molar-refractivity contribution in [1.29, 1.82) is 0 Å². The third kappa shape index (κ3) is 3.68. The highest BCUT2D eigenvalue weighted by atomic mass is 32.2. The maximum atomic E-state index is 12.6. The smallest absolute Gasteiger partial charge is 0.223 e. The molecule has 5 heteroatoms. The van der Waals surface area contributed by atoms with Gasteiger partial charge in [-0.15, -0.1) is 0 Å². The van der Waals surface area contributed by atoms with Gasteiger partial charge >= 0.3 is 0 Å². The first-order valence-electron chi connectivity index (χ1n) is 7.45. The molecule has 0 bridgehead atoms. The molecule has 20 heavy (non-hydrogen) atoms. The van der Waals surface area contributed by atoms with Gasteiger partial charge in [0.05, 0.1) is 6.61 Å². The van der Waals surface area contributed by atoms with Gasteiger partial charge < -0.3 is 16.2 Å². The third-order valence-electron chi connectivity index (χ3n) is 5.23. The van der Waals surface area contributed by atoms with Crippen LogP contribution in [0.2, 0.25) is 0 Å². The largest absolute Gasteiger partial charge is 0.395 e. The van der Waals surface area contributed by atoms with Crippen molar-refractivity contribution < 1.29 is 9.90 Å². The fourth-order valence-electron chi connectivity index (χ4n) is 3.17. The third-order valence-corrected chi connectivity index (χ3v) is 6.39. The van der Waals surface area contributed by atoms with Crippen LogP contribution in [0.25, 0.3) is 0 Å². The maximum Gasteiger partial charge on any atom is 0.223 e. The first kappa shape index (κ1) is 17.8. The Morgan fingerprint density at radius 2 is 2.10 bits per heavy atom. The average Bonchev–Trinajstić information content (AvgIpc) is 2.37. The number of thioether (sulfide) groups is 1. The minimum Gasteiger partial charge on any atom is -0.395 e. The van der Waals surface area contributed by atoms with Crippen LogP contribution in [0.15, 0.2) is 0 Å². The molecule has 4 nitrogen and oxygen atoms in total. The van der Waals surface area contributed by atoms with Gasteiger partial charge in [-0.25, -0.2) is 0 Å². The zero-order valence-electron chi connectivity index (χ0n) is 13.3. The highest BCUT2D eigenvalue weighted by Crippen LogP contribution is 2.44. The lowest BCUT2D eigenvalue weighted by Gasteiger charge is -2.46. The summed E-state index contributed by atoms with van der Waals surface area (Å²) in [6.07, 6.45) is 3.71. The molecular weight excluding hydrogens is 272 g/mol. The Balaban J connectivity index is 2.72. The second kappa shape index (κ2) is 7.14. The van der Waals surface area contributed by atoms with Crippen LogP contribution >= 0.6 is 11.8 Å². The summed E-state index contributed by atoms with van der Waals surface area (Å²) in [5, 5.41) is 12.4. The number of aliphatic hydroxyl groups excluding tert-OH is 1. The van der Waals surface area contributed by atoms with E-state index in [9.17, 15) is 9.90 Å². The molecule has 1 aliphatic carbocycles. The quantitative estimate of drug-likeness (QED) is 0.721. The van der Waals surface area contributed by atoms with Crippen molar-refractivity contribution in [3.05, 3.63) is 0 Å². The van der Waals surface area contributed by atoms with Crippen molar-refractivity contribution in [2.45, 2.75) is 57.9 Å². The van der Waals surface area contributed by atoms with Gasteiger partial charge in [0, 0.05) is 23.3 Å². The van der Waals surface area contributed by atoms with Gasteiger partial charge in [-0.2, -0.15) is 11.8 Å². The predicted octanol–water partition coefficient (Wildman–Crippen LogP) is 1.61. The molecule has 0 saturated heterocycles. The lowest BCUT2D eigenvalue weighted by atomic mass is 9.61. The molecule has 1 fully saturated rings. The predicted molar refractivity (Wildman–Crippen MR) is 85.6 cm³/mol. The fraction of sp³-hybridized carbons (Fsp3) is 0.933. The lowest BCUT2D eigenvalue weighted by molar-refractivity contribution is -0.133. The maximum absolute atomic E-state index is 12.6. The normalized spacial score (nSPS) is 32.5. The van der Waals surface area contributed by atoms with E-state index >= 15 is 0 Å². The highest BCUT2D eigenvalue weighted by Gasteiger charge is 2.45. The van der Waals surface area contributed by atoms with Crippen molar-refractivity contribution in [1.82, 2.24) is 5.32 Å². The molecule has 0 aromatic carbocycles. The van der Waals surface area contributed by atoms with Crippen molar-refractivity contribution in [3.63, 3.8) is 0 Å². The molecule has 0 aromatic rings. The molecule has 0 radical (unpaired) electrons. The van der Waals surface area contributed by atoms with E-state index in [1.165, 1.54) is 0 Å². The molecule has 0 aromatic heterocycles. The Hall–Kier alpha value is -0.260. The molecular formula is C15H30N2O2S. The standard InChI is InChI=1S/C15H30N2O2S/c1-9-12(16)7-6-11(15(9,3)4)14(19)17-10(2)13(8-18)20-5/h9-13,18H,6-8,16H2,1-5H3,(H,17,19). The Kier molecular flexibility index (Phi) is 6.35. The van der Waals surface area contributed by atoms with Crippen LogP contribution in [0.4, 0.5) is 0 Å². The van der Waals surface area contributed by atoms with Crippen molar-refractivity contribution in [2.75, 3.05) is 12.9 Å². The average molecular weight is 302 g/mol. The van der Waals surface area contributed by atoms with Crippen LogP contribution in [0, 0.1) is 17.3 Å². The monoisotopic (exact) mass is 302 g/mol. The van der Waals surface area contributed by atoms with E-state index in [0.717, 1.165) is 12.8 Å². The zero-order chi connectivity index (χ0) is 15.5. The molecule has 1 amide bonds. The van der Waals surface area contributed by atoms with E-state index in [1.807, 2.05) is 13.2 Å². The van der Waals surface area contributed by atoms with Gasteiger partial charge in [-0.3, -0.25) is 4.79 Å². The molecule has 1 saturated carbocycles. The van der Waals surface area contributed by atoms with Gasteiger partial charge in [0.15, 0.2) is 0 Å². The first-order valence-corrected chi connectivity index (χ1v) is 8.74.